The van der Waals surface area contributed by atoms with Crippen LogP contribution < -0.4 is 0 Å². The van der Waals surface area contributed by atoms with E-state index in [2.05, 4.69) is 13.8 Å². The van der Waals surface area contributed by atoms with E-state index in [9.17, 15) is 0 Å². The van der Waals surface area contributed by atoms with Crippen molar-refractivity contribution in [1.29, 1.82) is 0 Å². The van der Waals surface area contributed by atoms with Gasteiger partial charge in [0, 0.05) is 0 Å². The summed E-state index contributed by atoms with van der Waals surface area (Å²) in [7, 11) is 0. The van der Waals surface area contributed by atoms with Crippen LogP contribution in [0.25, 0.3) is 0 Å². The Morgan fingerprint density at radius 1 is 0.261 bits per heavy atom. The molecule has 0 aliphatic carbocycles. The molecule has 0 saturated heterocycles. The molecular weight excluding hydrogens is 300 g/mol. The zero-order valence-electron chi connectivity index (χ0n) is 16.6. The third-order valence-corrected chi connectivity index (χ3v) is 4.96. The van der Waals surface area contributed by atoms with Crippen LogP contribution in [0.4, 0.5) is 0 Å². The normalized spacial score (nSPS) is 10.7. The van der Waals surface area contributed by atoms with E-state index >= 15 is 0 Å². The minimum absolute atomic E-state index is 0. The van der Waals surface area contributed by atoms with Gasteiger partial charge in [0.25, 0.3) is 0 Å². The maximum absolute atomic E-state index is 2.30. The van der Waals surface area contributed by atoms with Gasteiger partial charge in [-0.15, -0.1) is 12.4 Å². The van der Waals surface area contributed by atoms with Crippen LogP contribution in [-0.2, 0) is 0 Å². The Kier molecular flexibility index (Phi) is 27.2. The van der Waals surface area contributed by atoms with E-state index < -0.39 is 0 Å². The second kappa shape index (κ2) is 24.5. The first-order valence-electron chi connectivity index (χ1n) is 10.9. The number of hydrogen-bond donors (Lipinski definition) is 0. The van der Waals surface area contributed by atoms with Gasteiger partial charge in [-0.3, -0.25) is 0 Å². The smallest absolute Gasteiger partial charge is 0.0533 e. The molecule has 0 aromatic heterocycles. The molecule has 0 radical (unpaired) electrons. The first kappa shape index (κ1) is 25.5. The standard InChI is InChI=1S/C22H46.ClH/c1-3-5-7-9-11-13-15-17-19-21-22-20-18-16-14-12-10-8-6-4-2;/h3-22H2,1-2H3;1H. The van der Waals surface area contributed by atoms with E-state index in [0.29, 0.717) is 0 Å². The molecule has 0 unspecified atom stereocenters. The first-order chi connectivity index (χ1) is 10.9. The number of hydrogen-bond acceptors (Lipinski definition) is 0. The summed E-state index contributed by atoms with van der Waals surface area (Å²) in [6.07, 6.45) is 29.4. The molecule has 142 valence electrons. The Balaban J connectivity index is 0. The predicted molar refractivity (Wildman–Crippen MR) is 111 cm³/mol. The highest BCUT2D eigenvalue weighted by Gasteiger charge is 1.94. The second-order valence-corrected chi connectivity index (χ2v) is 7.36. The van der Waals surface area contributed by atoms with Crippen molar-refractivity contribution in [2.75, 3.05) is 0 Å². The average Bonchev–Trinajstić information content (AvgIpc) is 2.54. The van der Waals surface area contributed by atoms with Crippen molar-refractivity contribution in [2.45, 2.75) is 142 Å². The molecule has 0 nitrogen and oxygen atoms in total. The molecule has 0 amide bonds. The van der Waals surface area contributed by atoms with Crippen LogP contribution in [0.5, 0.6) is 0 Å². The van der Waals surface area contributed by atoms with Crippen LogP contribution in [0, 0.1) is 0 Å². The Morgan fingerprint density at radius 2 is 0.391 bits per heavy atom. The average molecular weight is 347 g/mol. The summed E-state index contributed by atoms with van der Waals surface area (Å²) in [4.78, 5) is 0. The van der Waals surface area contributed by atoms with Crippen LogP contribution >= 0.6 is 12.4 Å². The Hall–Kier alpha value is 0.290. The van der Waals surface area contributed by atoms with Gasteiger partial charge in [-0.05, 0) is 0 Å². The number of unbranched alkanes of at least 4 members (excludes halogenated alkanes) is 19. The summed E-state index contributed by atoms with van der Waals surface area (Å²) in [6.45, 7) is 4.60. The minimum atomic E-state index is 0. The molecule has 0 N–H and O–H groups in total. The van der Waals surface area contributed by atoms with Crippen molar-refractivity contribution in [3.8, 4) is 0 Å². The van der Waals surface area contributed by atoms with Crippen LogP contribution in [0.3, 0.4) is 0 Å². The molecule has 0 bridgehead atoms. The van der Waals surface area contributed by atoms with Gasteiger partial charge in [0.15, 0.2) is 0 Å². The molecule has 0 saturated carbocycles. The lowest BCUT2D eigenvalue weighted by molar-refractivity contribution is 0.523. The minimum Gasteiger partial charge on any atom is -0.147 e. The SMILES string of the molecule is CCCCCCCCCCCCCCCCCCCCCC.Cl. The fourth-order valence-electron chi connectivity index (χ4n) is 3.33. The lowest BCUT2D eigenvalue weighted by Crippen LogP contribution is -1.84. The fraction of sp³-hybridized carbons (Fsp3) is 1.00. The molecule has 0 rings (SSSR count). The Morgan fingerprint density at radius 3 is 0.522 bits per heavy atom. The highest BCUT2D eigenvalue weighted by atomic mass is 35.5. The molecule has 0 spiro atoms. The summed E-state index contributed by atoms with van der Waals surface area (Å²) in [5, 5.41) is 0. The summed E-state index contributed by atoms with van der Waals surface area (Å²) in [5.41, 5.74) is 0. The van der Waals surface area contributed by atoms with Gasteiger partial charge in [0.2, 0.25) is 0 Å². The summed E-state index contributed by atoms with van der Waals surface area (Å²) in [6, 6.07) is 0. The Labute approximate surface area is 155 Å². The third-order valence-electron chi connectivity index (χ3n) is 4.96. The first-order valence-corrected chi connectivity index (χ1v) is 10.9. The highest BCUT2D eigenvalue weighted by molar-refractivity contribution is 5.85. The summed E-state index contributed by atoms with van der Waals surface area (Å²) < 4.78 is 0. The van der Waals surface area contributed by atoms with Gasteiger partial charge in [-0.2, -0.15) is 0 Å². The lowest BCUT2D eigenvalue weighted by atomic mass is 10.0. The molecule has 0 atom stereocenters. The predicted octanol–water partition coefficient (Wildman–Crippen LogP) is 9.25. The van der Waals surface area contributed by atoms with Crippen molar-refractivity contribution in [3.05, 3.63) is 0 Å². The van der Waals surface area contributed by atoms with Gasteiger partial charge >= 0.3 is 0 Å². The van der Waals surface area contributed by atoms with Crippen molar-refractivity contribution >= 4 is 12.4 Å². The van der Waals surface area contributed by atoms with Gasteiger partial charge in [-0.25, -0.2) is 0 Å². The van der Waals surface area contributed by atoms with Gasteiger partial charge in [0.1, 0.15) is 0 Å². The van der Waals surface area contributed by atoms with E-state index in [1.54, 1.807) is 0 Å². The maximum atomic E-state index is 2.30. The van der Waals surface area contributed by atoms with Crippen molar-refractivity contribution < 1.29 is 0 Å². The molecule has 23 heavy (non-hydrogen) atoms. The Bertz CT molecular complexity index is 159. The summed E-state index contributed by atoms with van der Waals surface area (Å²) >= 11 is 0. The quantitative estimate of drug-likeness (QED) is 0.204. The van der Waals surface area contributed by atoms with E-state index in [4.69, 9.17) is 0 Å². The van der Waals surface area contributed by atoms with Crippen molar-refractivity contribution in [1.82, 2.24) is 0 Å². The van der Waals surface area contributed by atoms with Crippen LogP contribution in [-0.4, -0.2) is 0 Å². The van der Waals surface area contributed by atoms with E-state index in [1.807, 2.05) is 0 Å². The topological polar surface area (TPSA) is 0 Å². The van der Waals surface area contributed by atoms with Gasteiger partial charge in [0.05, 0.1) is 0 Å². The second-order valence-electron chi connectivity index (χ2n) is 7.36. The summed E-state index contributed by atoms with van der Waals surface area (Å²) in [5.74, 6) is 0. The fourth-order valence-corrected chi connectivity index (χ4v) is 3.33. The number of halogens is 1. The van der Waals surface area contributed by atoms with Crippen LogP contribution in [0.15, 0.2) is 0 Å². The zero-order chi connectivity index (χ0) is 16.1. The van der Waals surface area contributed by atoms with Crippen LogP contribution in [0.1, 0.15) is 142 Å². The molecule has 0 aromatic carbocycles. The van der Waals surface area contributed by atoms with E-state index in [-0.39, 0.29) is 12.4 Å². The molecule has 0 fully saturated rings. The van der Waals surface area contributed by atoms with Crippen molar-refractivity contribution in [3.63, 3.8) is 0 Å². The highest BCUT2D eigenvalue weighted by Crippen LogP contribution is 2.14. The molecule has 0 aromatic rings. The third kappa shape index (κ3) is 24.7. The monoisotopic (exact) mass is 346 g/mol. The van der Waals surface area contributed by atoms with Gasteiger partial charge < -0.3 is 0 Å². The molecule has 0 aliphatic heterocycles. The zero-order valence-corrected chi connectivity index (χ0v) is 17.4. The maximum Gasteiger partial charge on any atom is -0.0533 e. The molecular formula is C22H47Cl. The van der Waals surface area contributed by atoms with E-state index in [1.165, 1.54) is 128 Å². The van der Waals surface area contributed by atoms with Gasteiger partial charge in [-0.1, -0.05) is 142 Å². The molecule has 1 heteroatoms. The molecule has 0 heterocycles. The van der Waals surface area contributed by atoms with E-state index in [0.717, 1.165) is 0 Å². The lowest BCUT2D eigenvalue weighted by Gasteiger charge is -2.03. The molecule has 0 aliphatic rings. The van der Waals surface area contributed by atoms with Crippen LogP contribution in [0.2, 0.25) is 0 Å². The van der Waals surface area contributed by atoms with Crippen molar-refractivity contribution in [2.24, 2.45) is 0 Å². The number of rotatable bonds is 19. The largest absolute Gasteiger partial charge is 0.147 e.